The molecule has 1 heteroatoms. The van der Waals surface area contributed by atoms with Gasteiger partial charge in [0.2, 0.25) is 0 Å². The highest BCUT2D eigenvalue weighted by atomic mass is 14.9. The van der Waals surface area contributed by atoms with Crippen LogP contribution in [0, 0.1) is 0 Å². The molecule has 1 aromatic rings. The van der Waals surface area contributed by atoms with E-state index in [0.717, 1.165) is 18.9 Å². The van der Waals surface area contributed by atoms with Gasteiger partial charge in [-0.1, -0.05) is 56.9 Å². The van der Waals surface area contributed by atoms with Crippen LogP contribution in [0.25, 0.3) is 0 Å². The molecule has 0 aromatic heterocycles. The number of nitrogens with one attached hydrogen (secondary N) is 1. The van der Waals surface area contributed by atoms with E-state index >= 15 is 0 Å². The van der Waals surface area contributed by atoms with Crippen LogP contribution in [0.3, 0.4) is 0 Å². The molecule has 1 unspecified atom stereocenters. The Morgan fingerprint density at radius 2 is 1.80 bits per heavy atom. The Labute approximate surface area is 125 Å². The third-order valence-corrected chi connectivity index (χ3v) is 4.62. The van der Waals surface area contributed by atoms with Crippen LogP contribution >= 0.6 is 0 Å². The minimum Gasteiger partial charge on any atom is -0.314 e. The summed E-state index contributed by atoms with van der Waals surface area (Å²) in [7, 11) is 0. The minimum absolute atomic E-state index is 0.585. The zero-order valence-electron chi connectivity index (χ0n) is 13.3. The number of unbranched alkanes of at least 4 members (excludes halogenated alkanes) is 1. The van der Waals surface area contributed by atoms with E-state index < -0.39 is 0 Å². The fourth-order valence-electron chi connectivity index (χ4n) is 3.31. The minimum atomic E-state index is 0.585. The van der Waals surface area contributed by atoms with Gasteiger partial charge in [-0.2, -0.15) is 0 Å². The van der Waals surface area contributed by atoms with Gasteiger partial charge < -0.3 is 5.32 Å². The van der Waals surface area contributed by atoms with Crippen LogP contribution < -0.4 is 5.32 Å². The van der Waals surface area contributed by atoms with Gasteiger partial charge >= 0.3 is 0 Å². The van der Waals surface area contributed by atoms with Crippen molar-refractivity contribution in [3.63, 3.8) is 0 Å². The van der Waals surface area contributed by atoms with Crippen molar-refractivity contribution in [1.29, 1.82) is 0 Å². The topological polar surface area (TPSA) is 12.0 Å². The molecule has 1 atom stereocenters. The lowest BCUT2D eigenvalue weighted by Crippen LogP contribution is -2.28. The number of rotatable bonds is 7. The average Bonchev–Trinajstić information content (AvgIpc) is 2.49. The molecule has 0 bridgehead atoms. The maximum absolute atomic E-state index is 3.61. The van der Waals surface area contributed by atoms with Crippen molar-refractivity contribution >= 4 is 0 Å². The second-order valence-corrected chi connectivity index (χ2v) is 6.49. The first-order chi connectivity index (χ1) is 9.79. The van der Waals surface area contributed by atoms with Crippen LogP contribution in [0.15, 0.2) is 24.3 Å². The lowest BCUT2D eigenvalue weighted by molar-refractivity contribution is 0.443. The molecule has 2 rings (SSSR count). The van der Waals surface area contributed by atoms with Crippen LogP contribution in [0.2, 0.25) is 0 Å². The Kier molecular flexibility index (Phi) is 6.59. The maximum Gasteiger partial charge on any atom is 0.00791 e. The fourth-order valence-corrected chi connectivity index (χ4v) is 3.31. The normalized spacial score (nSPS) is 18.1. The van der Waals surface area contributed by atoms with Crippen LogP contribution in [0.4, 0.5) is 0 Å². The van der Waals surface area contributed by atoms with Crippen molar-refractivity contribution < 1.29 is 0 Å². The summed E-state index contributed by atoms with van der Waals surface area (Å²) in [5.74, 6) is 0.831. The lowest BCUT2D eigenvalue weighted by atomic mass is 9.84. The van der Waals surface area contributed by atoms with Gasteiger partial charge in [0.05, 0.1) is 0 Å². The Morgan fingerprint density at radius 3 is 2.45 bits per heavy atom. The first-order valence-corrected chi connectivity index (χ1v) is 8.62. The molecular weight excluding hydrogens is 242 g/mol. The summed E-state index contributed by atoms with van der Waals surface area (Å²) in [5, 5.41) is 3.61. The van der Waals surface area contributed by atoms with E-state index in [4.69, 9.17) is 0 Å². The van der Waals surface area contributed by atoms with Crippen LogP contribution in [0.1, 0.15) is 75.8 Å². The molecule has 1 aliphatic carbocycles. The van der Waals surface area contributed by atoms with Crippen molar-refractivity contribution in [3.05, 3.63) is 35.4 Å². The predicted octanol–water partition coefficient (Wildman–Crippen LogP) is 5.06. The molecule has 1 fully saturated rings. The lowest BCUT2D eigenvalue weighted by Gasteiger charge is -2.22. The quantitative estimate of drug-likeness (QED) is 0.685. The van der Waals surface area contributed by atoms with Crippen molar-refractivity contribution in [3.8, 4) is 0 Å². The monoisotopic (exact) mass is 273 g/mol. The van der Waals surface area contributed by atoms with Gasteiger partial charge in [-0.3, -0.25) is 0 Å². The predicted molar refractivity (Wildman–Crippen MR) is 88.3 cm³/mol. The SMILES string of the molecule is CCCCNC(C)Cc1ccc(C2CCCCC2)cc1. The van der Waals surface area contributed by atoms with Crippen LogP contribution in [0.5, 0.6) is 0 Å². The molecule has 0 saturated heterocycles. The van der Waals surface area contributed by atoms with Crippen molar-refractivity contribution in [2.75, 3.05) is 6.54 Å². The Hall–Kier alpha value is -0.820. The van der Waals surface area contributed by atoms with Crippen molar-refractivity contribution in [1.82, 2.24) is 5.32 Å². The van der Waals surface area contributed by atoms with Crippen LogP contribution in [-0.2, 0) is 6.42 Å². The Balaban J connectivity index is 1.81. The summed E-state index contributed by atoms with van der Waals surface area (Å²) in [6.45, 7) is 5.69. The van der Waals surface area contributed by atoms with E-state index in [0.29, 0.717) is 6.04 Å². The standard InChI is InChI=1S/C19H31N/c1-3-4-14-20-16(2)15-17-10-12-19(13-11-17)18-8-6-5-7-9-18/h10-13,16,18,20H,3-9,14-15H2,1-2H3. The molecule has 20 heavy (non-hydrogen) atoms. The molecule has 0 spiro atoms. The van der Waals surface area contributed by atoms with Gasteiger partial charge in [0.25, 0.3) is 0 Å². The van der Waals surface area contributed by atoms with Gasteiger partial charge in [0.15, 0.2) is 0 Å². The largest absolute Gasteiger partial charge is 0.314 e. The number of benzene rings is 1. The highest BCUT2D eigenvalue weighted by Crippen LogP contribution is 2.32. The van der Waals surface area contributed by atoms with Gasteiger partial charge in [-0.05, 0) is 56.2 Å². The molecule has 112 valence electrons. The van der Waals surface area contributed by atoms with Crippen molar-refractivity contribution in [2.45, 2.75) is 77.2 Å². The smallest absolute Gasteiger partial charge is 0.00791 e. The first kappa shape index (κ1) is 15.6. The summed E-state index contributed by atoms with van der Waals surface area (Å²) in [6.07, 6.45) is 10.8. The second kappa shape index (κ2) is 8.46. The summed E-state index contributed by atoms with van der Waals surface area (Å²) in [5.41, 5.74) is 3.04. The molecule has 1 aromatic carbocycles. The molecule has 0 aliphatic heterocycles. The van der Waals surface area contributed by atoms with Gasteiger partial charge in [0, 0.05) is 6.04 Å². The second-order valence-electron chi connectivity index (χ2n) is 6.49. The van der Waals surface area contributed by atoms with E-state index in [-0.39, 0.29) is 0 Å². The Morgan fingerprint density at radius 1 is 1.10 bits per heavy atom. The summed E-state index contributed by atoms with van der Waals surface area (Å²) >= 11 is 0. The van der Waals surface area contributed by atoms with Crippen molar-refractivity contribution in [2.24, 2.45) is 0 Å². The maximum atomic E-state index is 3.61. The molecule has 0 amide bonds. The first-order valence-electron chi connectivity index (χ1n) is 8.62. The van der Waals surface area contributed by atoms with E-state index in [1.54, 1.807) is 5.56 Å². The molecule has 0 heterocycles. The van der Waals surface area contributed by atoms with E-state index in [1.807, 2.05) is 0 Å². The molecule has 0 radical (unpaired) electrons. The van der Waals surface area contributed by atoms with Crippen LogP contribution in [-0.4, -0.2) is 12.6 Å². The van der Waals surface area contributed by atoms with E-state index in [2.05, 4.69) is 43.4 Å². The number of hydrogen-bond acceptors (Lipinski definition) is 1. The fraction of sp³-hybridized carbons (Fsp3) is 0.684. The summed E-state index contributed by atoms with van der Waals surface area (Å²) in [6, 6.07) is 10.0. The number of hydrogen-bond donors (Lipinski definition) is 1. The molecule has 1 nitrogen and oxygen atoms in total. The third kappa shape index (κ3) is 4.94. The average molecular weight is 273 g/mol. The molecular formula is C19H31N. The van der Waals surface area contributed by atoms with Gasteiger partial charge in [0.1, 0.15) is 0 Å². The molecule has 1 N–H and O–H groups in total. The summed E-state index contributed by atoms with van der Waals surface area (Å²) < 4.78 is 0. The van der Waals surface area contributed by atoms with Gasteiger partial charge in [-0.25, -0.2) is 0 Å². The zero-order chi connectivity index (χ0) is 14.2. The third-order valence-electron chi connectivity index (χ3n) is 4.62. The summed E-state index contributed by atoms with van der Waals surface area (Å²) in [4.78, 5) is 0. The van der Waals surface area contributed by atoms with Gasteiger partial charge in [-0.15, -0.1) is 0 Å². The highest BCUT2D eigenvalue weighted by molar-refractivity contribution is 5.26. The van der Waals surface area contributed by atoms with E-state index in [9.17, 15) is 0 Å². The zero-order valence-corrected chi connectivity index (χ0v) is 13.3. The highest BCUT2D eigenvalue weighted by Gasteiger charge is 2.15. The Bertz CT molecular complexity index is 362. The molecule has 1 aliphatic rings. The molecule has 1 saturated carbocycles. The van der Waals surface area contributed by atoms with E-state index in [1.165, 1.54) is 50.5 Å².